The number of aromatic amines is 1. The zero-order valence-corrected chi connectivity index (χ0v) is 12.8. The van der Waals surface area contributed by atoms with Gasteiger partial charge in [0.1, 0.15) is 18.3 Å². The van der Waals surface area contributed by atoms with Crippen LogP contribution in [0, 0.1) is 0 Å². The molecule has 13 heteroatoms. The fraction of sp³-hybridized carbons (Fsp3) is 0.500. The molecule has 0 spiro atoms. The SMILES string of the molecule is O=c1[nH]cnc2c1nc(Cl)n2C1OC2COP(=O)(O)OC2C1O. The lowest BCUT2D eigenvalue weighted by atomic mass is 10.1. The summed E-state index contributed by atoms with van der Waals surface area (Å²) in [6, 6.07) is 0. The van der Waals surface area contributed by atoms with E-state index in [1.54, 1.807) is 0 Å². The number of aliphatic hydroxyl groups excluding tert-OH is 1. The number of nitrogens with zero attached hydrogens (tertiary/aromatic N) is 3. The summed E-state index contributed by atoms with van der Waals surface area (Å²) in [7, 11) is -4.23. The van der Waals surface area contributed by atoms with Crippen LogP contribution < -0.4 is 5.56 Å². The number of hydrogen-bond acceptors (Lipinski definition) is 8. The summed E-state index contributed by atoms with van der Waals surface area (Å²) in [5.41, 5.74) is -0.414. The maximum absolute atomic E-state index is 11.7. The molecule has 2 saturated heterocycles. The van der Waals surface area contributed by atoms with Crippen LogP contribution in [0.15, 0.2) is 11.1 Å². The minimum Gasteiger partial charge on any atom is -0.386 e. The predicted molar refractivity (Wildman–Crippen MR) is 73.7 cm³/mol. The van der Waals surface area contributed by atoms with E-state index in [-0.39, 0.29) is 23.1 Å². The Morgan fingerprint density at radius 3 is 3.09 bits per heavy atom. The first-order valence-corrected chi connectivity index (χ1v) is 8.35. The molecule has 0 radical (unpaired) electrons. The highest BCUT2D eigenvalue weighted by Gasteiger charge is 2.53. The van der Waals surface area contributed by atoms with Crippen LogP contribution in [0.4, 0.5) is 0 Å². The van der Waals surface area contributed by atoms with Gasteiger partial charge in [0.25, 0.3) is 5.56 Å². The van der Waals surface area contributed by atoms with Crippen LogP contribution in [-0.2, 0) is 18.3 Å². The van der Waals surface area contributed by atoms with E-state index < -0.39 is 37.9 Å². The van der Waals surface area contributed by atoms with E-state index in [9.17, 15) is 19.4 Å². The van der Waals surface area contributed by atoms with E-state index in [4.69, 9.17) is 20.9 Å². The van der Waals surface area contributed by atoms with Crippen molar-refractivity contribution in [2.75, 3.05) is 6.61 Å². The van der Waals surface area contributed by atoms with Crippen molar-refractivity contribution in [1.82, 2.24) is 19.5 Å². The molecule has 0 bridgehead atoms. The van der Waals surface area contributed by atoms with Crippen LogP contribution in [0.5, 0.6) is 0 Å². The molecule has 0 aromatic carbocycles. The summed E-state index contributed by atoms with van der Waals surface area (Å²) in [5.74, 6) is 0. The van der Waals surface area contributed by atoms with Gasteiger partial charge in [0.05, 0.1) is 12.9 Å². The van der Waals surface area contributed by atoms with Crippen LogP contribution in [0.25, 0.3) is 11.2 Å². The lowest BCUT2D eigenvalue weighted by molar-refractivity contribution is -0.0664. The Morgan fingerprint density at radius 2 is 2.30 bits per heavy atom. The van der Waals surface area contributed by atoms with Gasteiger partial charge in [0, 0.05) is 0 Å². The highest BCUT2D eigenvalue weighted by atomic mass is 35.5. The Kier molecular flexibility index (Phi) is 3.36. The summed E-state index contributed by atoms with van der Waals surface area (Å²) in [5, 5.41) is 10.3. The Labute approximate surface area is 132 Å². The number of phosphoric acid groups is 1. The molecule has 124 valence electrons. The van der Waals surface area contributed by atoms with Crippen LogP contribution in [0.1, 0.15) is 6.23 Å². The van der Waals surface area contributed by atoms with E-state index in [1.165, 1.54) is 4.57 Å². The van der Waals surface area contributed by atoms with Crippen molar-refractivity contribution < 1.29 is 28.3 Å². The average Bonchev–Trinajstić information content (AvgIpc) is 2.97. The van der Waals surface area contributed by atoms with Crippen LogP contribution in [-0.4, -0.2) is 54.4 Å². The molecule has 3 N–H and O–H groups in total. The van der Waals surface area contributed by atoms with Crippen molar-refractivity contribution in [3.63, 3.8) is 0 Å². The first-order valence-electron chi connectivity index (χ1n) is 6.48. The number of phosphoric ester groups is 1. The molecule has 2 fully saturated rings. The number of rotatable bonds is 1. The lowest BCUT2D eigenvalue weighted by Crippen LogP contribution is -2.39. The first-order chi connectivity index (χ1) is 10.9. The molecule has 2 aromatic rings. The minimum atomic E-state index is -4.23. The number of hydrogen-bond donors (Lipinski definition) is 3. The van der Waals surface area contributed by atoms with Gasteiger partial charge in [-0.15, -0.1) is 0 Å². The normalized spacial score (nSPS) is 37.2. The van der Waals surface area contributed by atoms with Gasteiger partial charge in [0.2, 0.25) is 5.28 Å². The molecular formula is C10H10ClN4O7P. The smallest absolute Gasteiger partial charge is 0.386 e. The van der Waals surface area contributed by atoms with Crippen molar-refractivity contribution in [2.45, 2.75) is 24.5 Å². The number of H-pyrrole nitrogens is 1. The standard InChI is InChI=1S/C10H10ClN4O7P/c11-10-14-4-7(12-2-13-8(4)17)15(10)9-5(16)6-3(21-9)1-20-23(18,19)22-6/h2-3,5-6,9,16H,1H2,(H,18,19)(H,12,13,17). The minimum absolute atomic E-state index is 0.0202. The summed E-state index contributed by atoms with van der Waals surface area (Å²) >= 11 is 6.03. The number of nitrogens with one attached hydrogen (secondary N) is 1. The molecule has 11 nitrogen and oxygen atoms in total. The van der Waals surface area contributed by atoms with Gasteiger partial charge < -0.3 is 19.7 Å². The number of aliphatic hydroxyl groups is 1. The second kappa shape index (κ2) is 5.08. The number of ether oxygens (including phenoxy) is 1. The molecule has 2 aromatic heterocycles. The number of imidazole rings is 1. The highest BCUT2D eigenvalue weighted by molar-refractivity contribution is 7.47. The zero-order valence-electron chi connectivity index (χ0n) is 11.2. The monoisotopic (exact) mass is 364 g/mol. The predicted octanol–water partition coefficient (Wildman–Crippen LogP) is -0.453. The van der Waals surface area contributed by atoms with E-state index >= 15 is 0 Å². The summed E-state index contributed by atoms with van der Waals surface area (Å²) < 4.78 is 27.8. The Hall–Kier alpha value is -1.33. The summed E-state index contributed by atoms with van der Waals surface area (Å²) in [4.78, 5) is 31.3. The molecule has 2 aliphatic heterocycles. The number of fused-ring (bicyclic) bond motifs is 2. The Balaban J connectivity index is 1.78. The van der Waals surface area contributed by atoms with Crippen LogP contribution >= 0.6 is 19.4 Å². The van der Waals surface area contributed by atoms with Crippen LogP contribution in [0.2, 0.25) is 5.28 Å². The maximum Gasteiger partial charge on any atom is 0.472 e. The molecule has 23 heavy (non-hydrogen) atoms. The van der Waals surface area contributed by atoms with Crippen molar-refractivity contribution in [1.29, 1.82) is 0 Å². The quantitative estimate of drug-likeness (QED) is 0.451. The van der Waals surface area contributed by atoms with E-state index in [0.29, 0.717) is 0 Å². The molecule has 0 amide bonds. The largest absolute Gasteiger partial charge is 0.472 e. The molecule has 5 atom stereocenters. The van der Waals surface area contributed by atoms with Gasteiger partial charge in [-0.2, -0.15) is 0 Å². The summed E-state index contributed by atoms with van der Waals surface area (Å²) in [6.07, 6.45) is -3.13. The third kappa shape index (κ3) is 2.32. The second-order valence-electron chi connectivity index (χ2n) is 5.04. The molecule has 4 heterocycles. The first kappa shape index (κ1) is 15.2. The third-order valence-electron chi connectivity index (χ3n) is 3.66. The highest BCUT2D eigenvalue weighted by Crippen LogP contribution is 2.52. The fourth-order valence-corrected chi connectivity index (χ4v) is 3.89. The van der Waals surface area contributed by atoms with Gasteiger partial charge in [-0.25, -0.2) is 14.5 Å². The van der Waals surface area contributed by atoms with E-state index in [2.05, 4.69) is 19.5 Å². The van der Waals surface area contributed by atoms with Gasteiger partial charge >= 0.3 is 7.82 Å². The molecular weight excluding hydrogens is 355 g/mol. The number of aromatic nitrogens is 4. The van der Waals surface area contributed by atoms with E-state index in [0.717, 1.165) is 6.33 Å². The van der Waals surface area contributed by atoms with E-state index in [1.807, 2.05) is 0 Å². The maximum atomic E-state index is 11.7. The molecule has 0 aliphatic carbocycles. The van der Waals surface area contributed by atoms with Gasteiger partial charge in [0.15, 0.2) is 17.4 Å². The Morgan fingerprint density at radius 1 is 1.52 bits per heavy atom. The topological polar surface area (TPSA) is 149 Å². The summed E-state index contributed by atoms with van der Waals surface area (Å²) in [6.45, 7) is -0.232. The molecule has 2 aliphatic rings. The van der Waals surface area contributed by atoms with Gasteiger partial charge in [-0.05, 0) is 11.6 Å². The number of halogens is 1. The van der Waals surface area contributed by atoms with Crippen molar-refractivity contribution in [3.8, 4) is 0 Å². The third-order valence-corrected chi connectivity index (χ3v) is 4.91. The fourth-order valence-electron chi connectivity index (χ4n) is 2.67. The Bertz CT molecular complexity index is 884. The average molecular weight is 365 g/mol. The van der Waals surface area contributed by atoms with Crippen LogP contribution in [0.3, 0.4) is 0 Å². The molecule has 0 saturated carbocycles. The van der Waals surface area contributed by atoms with Gasteiger partial charge in [-0.1, -0.05) is 0 Å². The molecule has 4 rings (SSSR count). The van der Waals surface area contributed by atoms with Crippen molar-refractivity contribution >= 4 is 30.6 Å². The van der Waals surface area contributed by atoms with Gasteiger partial charge in [-0.3, -0.25) is 18.4 Å². The zero-order chi connectivity index (χ0) is 16.4. The van der Waals surface area contributed by atoms with Crippen molar-refractivity contribution in [2.24, 2.45) is 0 Å². The second-order valence-corrected chi connectivity index (χ2v) is 6.79. The van der Waals surface area contributed by atoms with Crippen molar-refractivity contribution in [3.05, 3.63) is 22.0 Å². The lowest BCUT2D eigenvalue weighted by Gasteiger charge is -2.27. The molecule has 5 unspecified atom stereocenters.